The van der Waals surface area contributed by atoms with E-state index in [-0.39, 0.29) is 42.5 Å². The maximum Gasteiger partial charge on any atom is 0.242 e. The predicted molar refractivity (Wildman–Crippen MR) is 120 cm³/mol. The minimum Gasteiger partial charge on any atom is -0.379 e. The molecular formula is C18H30IN5O2S. The molecular weight excluding hydrogens is 477 g/mol. The summed E-state index contributed by atoms with van der Waals surface area (Å²) in [6.07, 6.45) is 2.19. The highest BCUT2D eigenvalue weighted by Crippen LogP contribution is 2.25. The average molecular weight is 507 g/mol. The third-order valence-electron chi connectivity index (χ3n) is 4.49. The van der Waals surface area contributed by atoms with Crippen LogP contribution >= 0.6 is 35.3 Å². The molecule has 2 heterocycles. The molecule has 1 saturated heterocycles. The van der Waals surface area contributed by atoms with E-state index in [9.17, 15) is 4.79 Å². The monoisotopic (exact) mass is 507 g/mol. The molecule has 7 nitrogen and oxygen atoms in total. The van der Waals surface area contributed by atoms with Gasteiger partial charge in [-0.25, -0.2) is 4.99 Å². The van der Waals surface area contributed by atoms with E-state index >= 15 is 0 Å². The van der Waals surface area contributed by atoms with Gasteiger partial charge in [0.05, 0.1) is 19.3 Å². The molecule has 9 heteroatoms. The number of nitrogens with zero attached hydrogens (tertiary/aromatic N) is 2. The van der Waals surface area contributed by atoms with Crippen LogP contribution in [0.15, 0.2) is 22.5 Å². The van der Waals surface area contributed by atoms with E-state index in [1.165, 1.54) is 4.88 Å². The number of aliphatic imine (C=N–C) groups is 1. The minimum atomic E-state index is -0.00677. The topological polar surface area (TPSA) is 78.0 Å². The van der Waals surface area contributed by atoms with Gasteiger partial charge in [-0.15, -0.1) is 35.3 Å². The molecule has 0 bridgehead atoms. The number of hydrogen-bond donors (Lipinski definition) is 3. The fourth-order valence-electron chi connectivity index (χ4n) is 2.97. The van der Waals surface area contributed by atoms with Gasteiger partial charge >= 0.3 is 0 Å². The van der Waals surface area contributed by atoms with Crippen LogP contribution in [0.3, 0.4) is 0 Å². The second-order valence-corrected chi connectivity index (χ2v) is 7.58. The summed E-state index contributed by atoms with van der Waals surface area (Å²) in [5, 5.41) is 11.7. The zero-order valence-corrected chi connectivity index (χ0v) is 18.9. The second kappa shape index (κ2) is 11.8. The maximum atomic E-state index is 11.9. The largest absolute Gasteiger partial charge is 0.379 e. The summed E-state index contributed by atoms with van der Waals surface area (Å²) >= 11 is 1.77. The fraction of sp³-hybridized carbons (Fsp3) is 0.667. The SMILES string of the molecule is CCNC(=NCC(=O)NC1CC1)NCC(c1cccs1)N1CCOCC1.I. The normalized spacial score (nSPS) is 19.1. The predicted octanol–water partition coefficient (Wildman–Crippen LogP) is 1.57. The summed E-state index contributed by atoms with van der Waals surface area (Å²) in [6.45, 7) is 7.11. The van der Waals surface area contributed by atoms with Gasteiger partial charge in [0.1, 0.15) is 6.54 Å². The Morgan fingerprint density at radius 1 is 1.37 bits per heavy atom. The number of nitrogens with one attached hydrogen (secondary N) is 3. The fourth-order valence-corrected chi connectivity index (χ4v) is 3.83. The second-order valence-electron chi connectivity index (χ2n) is 6.60. The van der Waals surface area contributed by atoms with Gasteiger partial charge in [0.25, 0.3) is 0 Å². The van der Waals surface area contributed by atoms with Gasteiger partial charge < -0.3 is 20.7 Å². The number of thiophene rings is 1. The van der Waals surface area contributed by atoms with E-state index in [0.717, 1.165) is 52.2 Å². The Morgan fingerprint density at radius 2 is 2.15 bits per heavy atom. The van der Waals surface area contributed by atoms with Crippen LogP contribution in [0.4, 0.5) is 0 Å². The summed E-state index contributed by atoms with van der Waals surface area (Å²) < 4.78 is 5.49. The van der Waals surface area contributed by atoms with Crippen LogP contribution in [-0.2, 0) is 9.53 Å². The molecule has 0 radical (unpaired) electrons. The Morgan fingerprint density at radius 3 is 2.78 bits per heavy atom. The molecule has 27 heavy (non-hydrogen) atoms. The van der Waals surface area contributed by atoms with Gasteiger partial charge in [-0.2, -0.15) is 0 Å². The van der Waals surface area contributed by atoms with Crippen LogP contribution in [0, 0.1) is 0 Å². The van der Waals surface area contributed by atoms with Crippen molar-refractivity contribution in [2.75, 3.05) is 45.9 Å². The molecule has 1 unspecified atom stereocenters. The first-order valence-electron chi connectivity index (χ1n) is 9.43. The van der Waals surface area contributed by atoms with Crippen molar-refractivity contribution < 1.29 is 9.53 Å². The van der Waals surface area contributed by atoms with Crippen molar-refractivity contribution in [2.24, 2.45) is 4.99 Å². The molecule has 0 aromatic carbocycles. The molecule has 3 N–H and O–H groups in total. The zero-order chi connectivity index (χ0) is 18.2. The summed E-state index contributed by atoms with van der Waals surface area (Å²) in [6, 6.07) is 4.93. The van der Waals surface area contributed by atoms with Crippen molar-refractivity contribution in [2.45, 2.75) is 31.8 Å². The molecule has 1 saturated carbocycles. The highest BCUT2D eigenvalue weighted by atomic mass is 127. The third kappa shape index (κ3) is 7.55. The average Bonchev–Trinajstić information content (AvgIpc) is 3.30. The van der Waals surface area contributed by atoms with Crippen molar-refractivity contribution in [1.29, 1.82) is 0 Å². The summed E-state index contributed by atoms with van der Waals surface area (Å²) in [4.78, 5) is 20.1. The lowest BCUT2D eigenvalue weighted by atomic mass is 10.2. The number of ether oxygens (including phenoxy) is 1. The molecule has 1 aliphatic heterocycles. The van der Waals surface area contributed by atoms with Gasteiger partial charge in [0.15, 0.2) is 5.96 Å². The minimum absolute atomic E-state index is 0. The lowest BCUT2D eigenvalue weighted by Gasteiger charge is -2.34. The summed E-state index contributed by atoms with van der Waals surface area (Å²) in [5.74, 6) is 0.681. The Hall–Kier alpha value is -0.910. The Balaban J connectivity index is 0.00000261. The first kappa shape index (κ1) is 22.4. The third-order valence-corrected chi connectivity index (χ3v) is 5.46. The Labute approximate surface area is 182 Å². The van der Waals surface area contributed by atoms with E-state index in [0.29, 0.717) is 12.0 Å². The number of carbonyl (C=O) groups is 1. The van der Waals surface area contributed by atoms with E-state index in [4.69, 9.17) is 4.74 Å². The number of guanidine groups is 1. The summed E-state index contributed by atoms with van der Waals surface area (Å²) in [7, 11) is 0. The standard InChI is InChI=1S/C18H29N5O2S.HI/c1-2-19-18(21-13-17(24)22-14-5-6-14)20-12-15(16-4-3-11-26-16)23-7-9-25-10-8-23;/h3-4,11,14-15H,2,5-10,12-13H2,1H3,(H,22,24)(H2,19,20,21);1H. The quantitative estimate of drug-likeness (QED) is 0.283. The molecule has 0 spiro atoms. The van der Waals surface area contributed by atoms with Gasteiger partial charge in [0.2, 0.25) is 5.91 Å². The Bertz CT molecular complexity index is 589. The van der Waals surface area contributed by atoms with E-state index in [2.05, 4.69) is 43.4 Å². The number of hydrogen-bond acceptors (Lipinski definition) is 5. The molecule has 2 aliphatic rings. The van der Waals surface area contributed by atoms with Crippen molar-refractivity contribution in [1.82, 2.24) is 20.9 Å². The number of morpholine rings is 1. The molecule has 1 aliphatic carbocycles. The molecule has 3 rings (SSSR count). The molecule has 1 aromatic rings. The molecule has 152 valence electrons. The Kier molecular flexibility index (Phi) is 9.80. The van der Waals surface area contributed by atoms with Gasteiger partial charge in [-0.05, 0) is 31.2 Å². The number of rotatable bonds is 8. The van der Waals surface area contributed by atoms with Gasteiger partial charge in [-0.3, -0.25) is 9.69 Å². The van der Waals surface area contributed by atoms with Crippen LogP contribution in [-0.4, -0.2) is 68.7 Å². The molecule has 1 atom stereocenters. The lowest BCUT2D eigenvalue weighted by Crippen LogP contribution is -2.46. The van der Waals surface area contributed by atoms with Crippen LogP contribution in [0.25, 0.3) is 0 Å². The number of carbonyl (C=O) groups excluding carboxylic acids is 1. The maximum absolute atomic E-state index is 11.9. The molecule has 2 fully saturated rings. The lowest BCUT2D eigenvalue weighted by molar-refractivity contribution is -0.119. The first-order chi connectivity index (χ1) is 12.8. The van der Waals surface area contributed by atoms with Gasteiger partial charge in [0, 0.05) is 37.1 Å². The van der Waals surface area contributed by atoms with Crippen LogP contribution in [0.2, 0.25) is 0 Å². The van der Waals surface area contributed by atoms with Crippen molar-refractivity contribution in [3.63, 3.8) is 0 Å². The summed E-state index contributed by atoms with van der Waals surface area (Å²) in [5.41, 5.74) is 0. The van der Waals surface area contributed by atoms with Crippen LogP contribution in [0.1, 0.15) is 30.7 Å². The van der Waals surface area contributed by atoms with Crippen molar-refractivity contribution >= 4 is 47.2 Å². The van der Waals surface area contributed by atoms with Crippen molar-refractivity contribution in [3.05, 3.63) is 22.4 Å². The highest BCUT2D eigenvalue weighted by Gasteiger charge is 2.24. The zero-order valence-electron chi connectivity index (χ0n) is 15.8. The van der Waals surface area contributed by atoms with Crippen LogP contribution in [0.5, 0.6) is 0 Å². The van der Waals surface area contributed by atoms with Crippen LogP contribution < -0.4 is 16.0 Å². The van der Waals surface area contributed by atoms with E-state index in [1.54, 1.807) is 11.3 Å². The number of amides is 1. The molecule has 1 amide bonds. The first-order valence-corrected chi connectivity index (χ1v) is 10.3. The van der Waals surface area contributed by atoms with Gasteiger partial charge in [-0.1, -0.05) is 6.07 Å². The van der Waals surface area contributed by atoms with E-state index < -0.39 is 0 Å². The smallest absolute Gasteiger partial charge is 0.242 e. The highest BCUT2D eigenvalue weighted by molar-refractivity contribution is 14.0. The van der Waals surface area contributed by atoms with E-state index in [1.807, 2.05) is 6.92 Å². The number of halogens is 1. The molecule has 1 aromatic heterocycles. The van der Waals surface area contributed by atoms with Crippen molar-refractivity contribution in [3.8, 4) is 0 Å².